The summed E-state index contributed by atoms with van der Waals surface area (Å²) in [6.45, 7) is 3.52. The highest BCUT2D eigenvalue weighted by atomic mass is 16.5. The monoisotopic (exact) mass is 286 g/mol. The molecule has 5 nitrogen and oxygen atoms in total. The lowest BCUT2D eigenvalue weighted by Gasteiger charge is -2.24. The van der Waals surface area contributed by atoms with Crippen molar-refractivity contribution < 1.29 is 14.6 Å². The highest BCUT2D eigenvalue weighted by Crippen LogP contribution is 2.28. The molecule has 0 bridgehead atoms. The summed E-state index contributed by atoms with van der Waals surface area (Å²) in [7, 11) is 0. The number of hydrogen-bond donors (Lipinski definition) is 2. The van der Waals surface area contributed by atoms with Crippen LogP contribution in [0, 0.1) is 0 Å². The number of hydrogen-bond acceptors (Lipinski definition) is 4. The van der Waals surface area contributed by atoms with Crippen LogP contribution in [0.1, 0.15) is 30.3 Å². The van der Waals surface area contributed by atoms with Crippen molar-refractivity contribution in [1.29, 1.82) is 0 Å². The first-order chi connectivity index (χ1) is 10.1. The van der Waals surface area contributed by atoms with Gasteiger partial charge in [0.1, 0.15) is 0 Å². The van der Waals surface area contributed by atoms with Crippen LogP contribution in [0.4, 0.5) is 5.69 Å². The molecule has 1 saturated heterocycles. The van der Waals surface area contributed by atoms with Gasteiger partial charge in [0.15, 0.2) is 5.69 Å². The van der Waals surface area contributed by atoms with E-state index in [4.69, 9.17) is 4.74 Å². The minimum Gasteiger partial charge on any atom is -0.477 e. The number of carbonyl (C=O) groups is 1. The molecule has 1 aliphatic rings. The van der Waals surface area contributed by atoms with Gasteiger partial charge in [-0.25, -0.2) is 9.78 Å². The molecule has 5 heteroatoms. The Labute approximate surface area is 123 Å². The molecule has 1 aromatic carbocycles. The summed E-state index contributed by atoms with van der Waals surface area (Å²) in [6.07, 6.45) is 2.07. The number of ether oxygens (including phenoxy) is 1. The van der Waals surface area contributed by atoms with E-state index >= 15 is 0 Å². The second-order valence-corrected chi connectivity index (χ2v) is 5.63. The van der Waals surface area contributed by atoms with Gasteiger partial charge in [-0.2, -0.15) is 0 Å². The Morgan fingerprint density at radius 1 is 1.48 bits per heavy atom. The van der Waals surface area contributed by atoms with Crippen molar-refractivity contribution in [3.8, 4) is 0 Å². The van der Waals surface area contributed by atoms with Gasteiger partial charge >= 0.3 is 5.97 Å². The average molecular weight is 286 g/mol. The number of aromatic nitrogens is 1. The molecule has 2 aromatic rings. The quantitative estimate of drug-likeness (QED) is 0.904. The van der Waals surface area contributed by atoms with E-state index < -0.39 is 5.97 Å². The van der Waals surface area contributed by atoms with Crippen LogP contribution >= 0.6 is 0 Å². The van der Waals surface area contributed by atoms with Crippen molar-refractivity contribution in [3.63, 3.8) is 0 Å². The summed E-state index contributed by atoms with van der Waals surface area (Å²) in [4.78, 5) is 15.4. The van der Waals surface area contributed by atoms with E-state index in [0.717, 1.165) is 30.5 Å². The highest BCUT2D eigenvalue weighted by Gasteiger charge is 2.29. The Balaban J connectivity index is 1.94. The Kier molecular flexibility index (Phi) is 3.51. The molecule has 0 radical (unpaired) electrons. The molecular formula is C16H18N2O3. The zero-order chi connectivity index (χ0) is 14.9. The number of nitrogens with zero attached hydrogens (tertiary/aromatic N) is 1. The van der Waals surface area contributed by atoms with Crippen molar-refractivity contribution in [1.82, 2.24) is 4.98 Å². The van der Waals surface area contributed by atoms with Gasteiger partial charge in [-0.1, -0.05) is 18.2 Å². The molecule has 1 aliphatic heterocycles. The van der Waals surface area contributed by atoms with E-state index in [2.05, 4.69) is 17.2 Å². The summed E-state index contributed by atoms with van der Waals surface area (Å²) >= 11 is 0. The van der Waals surface area contributed by atoms with Crippen LogP contribution in [0.25, 0.3) is 10.9 Å². The maximum atomic E-state index is 11.2. The molecular weight excluding hydrogens is 268 g/mol. The van der Waals surface area contributed by atoms with E-state index in [1.807, 2.05) is 24.3 Å². The summed E-state index contributed by atoms with van der Waals surface area (Å²) in [5.74, 6) is -1.02. The van der Waals surface area contributed by atoms with Crippen LogP contribution in [-0.2, 0) is 4.74 Å². The topological polar surface area (TPSA) is 71.5 Å². The molecule has 0 saturated carbocycles. The Morgan fingerprint density at radius 3 is 3.00 bits per heavy atom. The fourth-order valence-electron chi connectivity index (χ4n) is 2.69. The van der Waals surface area contributed by atoms with Gasteiger partial charge in [0.2, 0.25) is 0 Å². The molecule has 0 spiro atoms. The first-order valence-corrected chi connectivity index (χ1v) is 7.08. The normalized spacial score (nSPS) is 21.6. The van der Waals surface area contributed by atoms with Gasteiger partial charge in [-0.3, -0.25) is 0 Å². The van der Waals surface area contributed by atoms with E-state index in [-0.39, 0.29) is 11.3 Å². The van der Waals surface area contributed by atoms with Crippen molar-refractivity contribution >= 4 is 22.6 Å². The van der Waals surface area contributed by atoms with E-state index in [9.17, 15) is 9.90 Å². The minimum atomic E-state index is -1.02. The number of anilines is 1. The highest BCUT2D eigenvalue weighted by molar-refractivity contribution is 5.97. The van der Waals surface area contributed by atoms with Crippen LogP contribution in [-0.4, -0.2) is 34.8 Å². The molecule has 0 amide bonds. The molecule has 110 valence electrons. The van der Waals surface area contributed by atoms with Gasteiger partial charge in [-0.05, 0) is 31.9 Å². The number of nitrogens with one attached hydrogen (secondary N) is 1. The predicted molar refractivity (Wildman–Crippen MR) is 80.8 cm³/mol. The maximum Gasteiger partial charge on any atom is 0.354 e. The maximum absolute atomic E-state index is 11.2. The molecule has 3 rings (SSSR count). The van der Waals surface area contributed by atoms with Crippen LogP contribution < -0.4 is 5.32 Å². The van der Waals surface area contributed by atoms with Gasteiger partial charge in [0.25, 0.3) is 0 Å². The first-order valence-electron chi connectivity index (χ1n) is 7.08. The molecule has 2 N–H and O–H groups in total. The third kappa shape index (κ3) is 2.83. The second-order valence-electron chi connectivity index (χ2n) is 5.63. The molecule has 21 heavy (non-hydrogen) atoms. The van der Waals surface area contributed by atoms with Crippen LogP contribution in [0.5, 0.6) is 0 Å². The average Bonchev–Trinajstić information content (AvgIpc) is 2.91. The van der Waals surface area contributed by atoms with Crippen molar-refractivity contribution in [2.45, 2.75) is 25.4 Å². The minimum absolute atomic E-state index is 0.0497. The number of para-hydroxylation sites is 1. The zero-order valence-electron chi connectivity index (χ0n) is 11.9. The fraction of sp³-hybridized carbons (Fsp3) is 0.375. The largest absolute Gasteiger partial charge is 0.477 e. The Bertz CT molecular complexity index is 678. The van der Waals surface area contributed by atoms with Gasteiger partial charge in [0.05, 0.1) is 11.1 Å². The number of fused-ring (bicyclic) bond motifs is 1. The predicted octanol–water partition coefficient (Wildman–Crippen LogP) is 2.91. The smallest absolute Gasteiger partial charge is 0.354 e. The molecule has 1 fully saturated rings. The lowest BCUT2D eigenvalue weighted by Crippen LogP contribution is -2.32. The Morgan fingerprint density at radius 2 is 2.29 bits per heavy atom. The number of aromatic carboxylic acids is 1. The molecule has 0 aliphatic carbocycles. The summed E-state index contributed by atoms with van der Waals surface area (Å²) < 4.78 is 5.76. The molecule has 2 heterocycles. The van der Waals surface area contributed by atoms with Gasteiger partial charge < -0.3 is 15.2 Å². The number of rotatable bonds is 4. The Hall–Kier alpha value is -2.14. The third-order valence-electron chi connectivity index (χ3n) is 3.89. The number of carboxylic acid groups (broad SMARTS) is 1. The first kappa shape index (κ1) is 13.8. The van der Waals surface area contributed by atoms with Gasteiger partial charge in [0, 0.05) is 24.2 Å². The van der Waals surface area contributed by atoms with E-state index in [1.54, 1.807) is 6.07 Å². The van der Waals surface area contributed by atoms with Crippen LogP contribution in [0.15, 0.2) is 30.3 Å². The van der Waals surface area contributed by atoms with Gasteiger partial charge in [-0.15, -0.1) is 0 Å². The van der Waals surface area contributed by atoms with Crippen LogP contribution in [0.2, 0.25) is 0 Å². The SMILES string of the molecule is CC1(CNc2cc(C(=O)O)nc3ccccc23)CCCO1. The third-order valence-corrected chi connectivity index (χ3v) is 3.89. The van der Waals surface area contributed by atoms with Crippen LogP contribution in [0.3, 0.4) is 0 Å². The number of carboxylic acids is 1. The standard InChI is InChI=1S/C16H18N2O3/c1-16(7-4-8-21-16)10-17-13-9-14(15(19)20)18-12-6-3-2-5-11(12)13/h2-3,5-6,9H,4,7-8,10H2,1H3,(H,17,18)(H,19,20). The van der Waals surface area contributed by atoms with E-state index in [0.29, 0.717) is 12.1 Å². The van der Waals surface area contributed by atoms with E-state index in [1.165, 1.54) is 0 Å². The van der Waals surface area contributed by atoms with Crippen molar-refractivity contribution in [2.24, 2.45) is 0 Å². The summed E-state index contributed by atoms with van der Waals surface area (Å²) in [6, 6.07) is 9.12. The molecule has 1 unspecified atom stereocenters. The number of benzene rings is 1. The molecule has 1 aromatic heterocycles. The summed E-state index contributed by atoms with van der Waals surface area (Å²) in [5.41, 5.74) is 1.33. The lowest BCUT2D eigenvalue weighted by atomic mass is 10.0. The fourth-order valence-corrected chi connectivity index (χ4v) is 2.69. The zero-order valence-corrected chi connectivity index (χ0v) is 11.9. The van der Waals surface area contributed by atoms with Crippen molar-refractivity contribution in [3.05, 3.63) is 36.0 Å². The molecule has 1 atom stereocenters. The number of pyridine rings is 1. The van der Waals surface area contributed by atoms with Crippen molar-refractivity contribution in [2.75, 3.05) is 18.5 Å². The summed E-state index contributed by atoms with van der Waals surface area (Å²) in [5, 5.41) is 13.4. The second kappa shape index (κ2) is 5.33. The lowest BCUT2D eigenvalue weighted by molar-refractivity contribution is 0.0315.